The standard InChI is InChI=1S/C14H15N/c1-3-5-13(6-4-2)14-9-7-12(11-15)8-10-14/h3,5,7-10H,1,4,6H2,2H3/b13-5+. The molecule has 0 saturated heterocycles. The van der Waals surface area contributed by atoms with E-state index in [1.165, 1.54) is 11.1 Å². The predicted molar refractivity (Wildman–Crippen MR) is 64.2 cm³/mol. The van der Waals surface area contributed by atoms with E-state index in [2.05, 4.69) is 19.6 Å². The molecular formula is C14H15N. The third-order valence-corrected chi connectivity index (χ3v) is 2.22. The second kappa shape index (κ2) is 5.82. The van der Waals surface area contributed by atoms with E-state index >= 15 is 0 Å². The molecule has 76 valence electrons. The van der Waals surface area contributed by atoms with Crippen LogP contribution in [0.4, 0.5) is 0 Å². The van der Waals surface area contributed by atoms with Crippen LogP contribution in [0.2, 0.25) is 0 Å². The van der Waals surface area contributed by atoms with Crippen LogP contribution in [0.1, 0.15) is 30.9 Å². The van der Waals surface area contributed by atoms with Crippen LogP contribution in [-0.2, 0) is 0 Å². The second-order valence-corrected chi connectivity index (χ2v) is 3.37. The van der Waals surface area contributed by atoms with Crippen LogP contribution < -0.4 is 0 Å². The average molecular weight is 197 g/mol. The fourth-order valence-corrected chi connectivity index (χ4v) is 1.49. The highest BCUT2D eigenvalue weighted by atomic mass is 14.2. The zero-order valence-corrected chi connectivity index (χ0v) is 9.03. The topological polar surface area (TPSA) is 23.8 Å². The molecule has 0 aliphatic rings. The first-order valence-electron chi connectivity index (χ1n) is 5.14. The Labute approximate surface area is 91.4 Å². The number of benzene rings is 1. The van der Waals surface area contributed by atoms with E-state index in [0.717, 1.165) is 12.8 Å². The Morgan fingerprint density at radius 2 is 2.07 bits per heavy atom. The summed E-state index contributed by atoms with van der Waals surface area (Å²) in [6, 6.07) is 9.79. The van der Waals surface area contributed by atoms with Gasteiger partial charge in [-0.25, -0.2) is 0 Å². The van der Waals surface area contributed by atoms with Gasteiger partial charge in [-0.3, -0.25) is 0 Å². The van der Waals surface area contributed by atoms with Gasteiger partial charge in [-0.1, -0.05) is 44.2 Å². The minimum atomic E-state index is 0.702. The number of allylic oxidation sites excluding steroid dienone is 3. The Hall–Kier alpha value is -1.81. The highest BCUT2D eigenvalue weighted by Crippen LogP contribution is 2.20. The quantitative estimate of drug-likeness (QED) is 0.671. The van der Waals surface area contributed by atoms with Gasteiger partial charge in [-0.2, -0.15) is 5.26 Å². The minimum Gasteiger partial charge on any atom is -0.192 e. The fourth-order valence-electron chi connectivity index (χ4n) is 1.49. The first-order valence-corrected chi connectivity index (χ1v) is 5.14. The fraction of sp³-hybridized carbons (Fsp3) is 0.214. The van der Waals surface area contributed by atoms with Crippen molar-refractivity contribution in [1.82, 2.24) is 0 Å². The number of nitrogens with zero attached hydrogens (tertiary/aromatic N) is 1. The number of rotatable bonds is 4. The minimum absolute atomic E-state index is 0.702. The van der Waals surface area contributed by atoms with Gasteiger partial charge >= 0.3 is 0 Å². The molecule has 0 saturated carbocycles. The summed E-state index contributed by atoms with van der Waals surface area (Å²) in [6.07, 6.45) is 5.99. The van der Waals surface area contributed by atoms with Crippen molar-refractivity contribution in [1.29, 1.82) is 5.26 Å². The molecule has 1 rings (SSSR count). The summed E-state index contributed by atoms with van der Waals surface area (Å²) >= 11 is 0. The molecule has 0 bridgehead atoms. The Morgan fingerprint density at radius 1 is 1.40 bits per heavy atom. The summed E-state index contributed by atoms with van der Waals surface area (Å²) < 4.78 is 0. The van der Waals surface area contributed by atoms with Gasteiger partial charge in [0.1, 0.15) is 0 Å². The maximum atomic E-state index is 8.69. The van der Waals surface area contributed by atoms with Crippen molar-refractivity contribution < 1.29 is 0 Å². The number of hydrogen-bond donors (Lipinski definition) is 0. The Morgan fingerprint density at radius 3 is 2.53 bits per heavy atom. The molecule has 1 heteroatoms. The molecule has 0 aromatic heterocycles. The molecular weight excluding hydrogens is 182 g/mol. The number of hydrogen-bond acceptors (Lipinski definition) is 1. The highest BCUT2D eigenvalue weighted by Gasteiger charge is 1.99. The van der Waals surface area contributed by atoms with Crippen LogP contribution in [0.25, 0.3) is 5.57 Å². The van der Waals surface area contributed by atoms with E-state index in [0.29, 0.717) is 5.56 Å². The van der Waals surface area contributed by atoms with Crippen molar-refractivity contribution in [2.24, 2.45) is 0 Å². The summed E-state index contributed by atoms with van der Waals surface area (Å²) in [6.45, 7) is 5.87. The van der Waals surface area contributed by atoms with Crippen molar-refractivity contribution in [3.8, 4) is 6.07 Å². The molecule has 0 heterocycles. The molecule has 0 aliphatic heterocycles. The molecule has 0 spiro atoms. The van der Waals surface area contributed by atoms with E-state index < -0.39 is 0 Å². The van der Waals surface area contributed by atoms with E-state index in [1.54, 1.807) is 0 Å². The lowest BCUT2D eigenvalue weighted by atomic mass is 10.00. The van der Waals surface area contributed by atoms with Crippen LogP contribution in [0.3, 0.4) is 0 Å². The van der Waals surface area contributed by atoms with Gasteiger partial charge in [0.15, 0.2) is 0 Å². The van der Waals surface area contributed by atoms with Crippen LogP contribution in [0.5, 0.6) is 0 Å². The Balaban J connectivity index is 2.97. The van der Waals surface area contributed by atoms with Gasteiger partial charge in [0.05, 0.1) is 11.6 Å². The third-order valence-electron chi connectivity index (χ3n) is 2.22. The lowest BCUT2D eigenvalue weighted by molar-refractivity contribution is 0.973. The smallest absolute Gasteiger partial charge is 0.0991 e. The lowest BCUT2D eigenvalue weighted by Crippen LogP contribution is -1.84. The van der Waals surface area contributed by atoms with Crippen molar-refractivity contribution in [3.63, 3.8) is 0 Å². The van der Waals surface area contributed by atoms with E-state index in [9.17, 15) is 0 Å². The molecule has 15 heavy (non-hydrogen) atoms. The monoisotopic (exact) mass is 197 g/mol. The maximum Gasteiger partial charge on any atom is 0.0991 e. The molecule has 0 unspecified atom stereocenters. The van der Waals surface area contributed by atoms with E-state index in [1.807, 2.05) is 36.4 Å². The molecule has 0 aliphatic carbocycles. The molecule has 0 radical (unpaired) electrons. The van der Waals surface area contributed by atoms with Gasteiger partial charge in [-0.05, 0) is 29.7 Å². The summed E-state index contributed by atoms with van der Waals surface area (Å²) in [7, 11) is 0. The van der Waals surface area contributed by atoms with Crippen LogP contribution >= 0.6 is 0 Å². The SMILES string of the molecule is C=C/C=C(\CCC)c1ccc(C#N)cc1. The van der Waals surface area contributed by atoms with E-state index in [-0.39, 0.29) is 0 Å². The van der Waals surface area contributed by atoms with Gasteiger partial charge in [0, 0.05) is 0 Å². The first kappa shape index (κ1) is 11.3. The molecule has 0 atom stereocenters. The first-order chi connectivity index (χ1) is 7.31. The maximum absolute atomic E-state index is 8.69. The van der Waals surface area contributed by atoms with E-state index in [4.69, 9.17) is 5.26 Å². The largest absolute Gasteiger partial charge is 0.192 e. The van der Waals surface area contributed by atoms with Crippen molar-refractivity contribution in [3.05, 3.63) is 54.1 Å². The Kier molecular flexibility index (Phi) is 4.37. The van der Waals surface area contributed by atoms with Crippen LogP contribution in [-0.4, -0.2) is 0 Å². The van der Waals surface area contributed by atoms with Crippen molar-refractivity contribution in [2.75, 3.05) is 0 Å². The predicted octanol–water partition coefficient (Wildman–Crippen LogP) is 3.93. The summed E-state index contributed by atoms with van der Waals surface area (Å²) in [4.78, 5) is 0. The number of nitriles is 1. The zero-order valence-electron chi connectivity index (χ0n) is 9.03. The van der Waals surface area contributed by atoms with Crippen LogP contribution in [0, 0.1) is 11.3 Å². The summed E-state index contributed by atoms with van der Waals surface area (Å²) in [5, 5.41) is 8.69. The van der Waals surface area contributed by atoms with Gasteiger partial charge in [0.2, 0.25) is 0 Å². The lowest BCUT2D eigenvalue weighted by Gasteiger charge is -2.05. The molecule has 0 fully saturated rings. The van der Waals surface area contributed by atoms with Crippen molar-refractivity contribution >= 4 is 5.57 Å². The zero-order chi connectivity index (χ0) is 11.1. The molecule has 1 aromatic carbocycles. The van der Waals surface area contributed by atoms with Gasteiger partial charge in [-0.15, -0.1) is 0 Å². The highest BCUT2D eigenvalue weighted by molar-refractivity contribution is 5.67. The van der Waals surface area contributed by atoms with Crippen molar-refractivity contribution in [2.45, 2.75) is 19.8 Å². The van der Waals surface area contributed by atoms with Gasteiger partial charge < -0.3 is 0 Å². The van der Waals surface area contributed by atoms with Crippen LogP contribution in [0.15, 0.2) is 43.0 Å². The molecule has 0 N–H and O–H groups in total. The summed E-state index contributed by atoms with van der Waals surface area (Å²) in [5.74, 6) is 0. The summed E-state index contributed by atoms with van der Waals surface area (Å²) in [5.41, 5.74) is 3.15. The normalized spacial score (nSPS) is 10.8. The average Bonchev–Trinajstić information content (AvgIpc) is 2.29. The molecule has 1 nitrogen and oxygen atoms in total. The molecule has 0 amide bonds. The molecule has 1 aromatic rings. The third kappa shape index (κ3) is 3.11. The Bertz CT molecular complexity index is 390. The van der Waals surface area contributed by atoms with Gasteiger partial charge in [0.25, 0.3) is 0 Å². The second-order valence-electron chi connectivity index (χ2n) is 3.37.